The normalized spacial score (nSPS) is 30.2. The summed E-state index contributed by atoms with van der Waals surface area (Å²) in [4.78, 5) is 14.3. The van der Waals surface area contributed by atoms with Crippen molar-refractivity contribution in [2.24, 2.45) is 11.7 Å². The molecule has 19 heavy (non-hydrogen) atoms. The number of likely N-dealkylation sites (tertiary alicyclic amines) is 1. The monoisotopic (exact) mass is 264 g/mol. The van der Waals surface area contributed by atoms with E-state index in [1.807, 2.05) is 0 Å². The second-order valence-corrected chi connectivity index (χ2v) is 6.07. The number of nitrogens with zero attached hydrogens (tertiary/aromatic N) is 2. The SMILES string of the molecule is CC1CC(CN)CN1CC(=O)NC1(C#N)CCCC1. The van der Waals surface area contributed by atoms with Crippen LogP contribution in [-0.2, 0) is 4.79 Å². The van der Waals surface area contributed by atoms with Crippen molar-refractivity contribution in [3.05, 3.63) is 0 Å². The average molecular weight is 264 g/mol. The first kappa shape index (κ1) is 14.3. The van der Waals surface area contributed by atoms with Gasteiger partial charge >= 0.3 is 0 Å². The molecule has 5 nitrogen and oxygen atoms in total. The van der Waals surface area contributed by atoms with E-state index in [0.717, 1.165) is 38.6 Å². The molecule has 2 unspecified atom stereocenters. The molecule has 2 atom stereocenters. The van der Waals surface area contributed by atoms with Crippen molar-refractivity contribution in [2.45, 2.75) is 50.6 Å². The fourth-order valence-electron chi connectivity index (χ4n) is 3.34. The number of hydrogen-bond donors (Lipinski definition) is 2. The molecule has 2 fully saturated rings. The summed E-state index contributed by atoms with van der Waals surface area (Å²) < 4.78 is 0. The Bertz CT molecular complexity index is 370. The van der Waals surface area contributed by atoms with Crippen molar-refractivity contribution in [1.29, 1.82) is 5.26 Å². The molecule has 0 bridgehead atoms. The summed E-state index contributed by atoms with van der Waals surface area (Å²) in [6.45, 7) is 4.11. The van der Waals surface area contributed by atoms with Crippen molar-refractivity contribution < 1.29 is 4.79 Å². The minimum atomic E-state index is -0.604. The van der Waals surface area contributed by atoms with Crippen molar-refractivity contribution in [3.8, 4) is 6.07 Å². The third kappa shape index (κ3) is 3.26. The predicted molar refractivity (Wildman–Crippen MR) is 73.2 cm³/mol. The van der Waals surface area contributed by atoms with Gasteiger partial charge in [-0.1, -0.05) is 0 Å². The first-order chi connectivity index (χ1) is 9.08. The highest BCUT2D eigenvalue weighted by molar-refractivity contribution is 5.79. The van der Waals surface area contributed by atoms with Gasteiger partial charge in [-0.25, -0.2) is 0 Å². The fourth-order valence-corrected chi connectivity index (χ4v) is 3.34. The second-order valence-electron chi connectivity index (χ2n) is 6.07. The Kier molecular flexibility index (Phi) is 4.43. The molecule has 2 aliphatic rings. The largest absolute Gasteiger partial charge is 0.337 e. The fraction of sp³-hybridized carbons (Fsp3) is 0.857. The van der Waals surface area contributed by atoms with Crippen LogP contribution in [0.2, 0.25) is 0 Å². The van der Waals surface area contributed by atoms with Gasteiger partial charge < -0.3 is 11.1 Å². The van der Waals surface area contributed by atoms with Gasteiger partial charge in [0.25, 0.3) is 0 Å². The zero-order valence-corrected chi connectivity index (χ0v) is 11.7. The molecular formula is C14H24N4O. The van der Waals surface area contributed by atoms with Gasteiger partial charge in [-0.05, 0) is 51.5 Å². The molecule has 0 spiro atoms. The van der Waals surface area contributed by atoms with E-state index >= 15 is 0 Å². The Morgan fingerprint density at radius 3 is 2.74 bits per heavy atom. The van der Waals surface area contributed by atoms with Gasteiger partial charge in [-0.2, -0.15) is 5.26 Å². The van der Waals surface area contributed by atoms with Crippen molar-refractivity contribution in [1.82, 2.24) is 10.2 Å². The highest BCUT2D eigenvalue weighted by atomic mass is 16.2. The zero-order chi connectivity index (χ0) is 13.9. The van der Waals surface area contributed by atoms with Crippen LogP contribution in [0.3, 0.4) is 0 Å². The first-order valence-corrected chi connectivity index (χ1v) is 7.25. The number of rotatable bonds is 4. The van der Waals surface area contributed by atoms with E-state index in [0.29, 0.717) is 25.0 Å². The molecule has 2 rings (SSSR count). The Hall–Kier alpha value is -1.12. The lowest BCUT2D eigenvalue weighted by molar-refractivity contribution is -0.123. The molecule has 0 radical (unpaired) electrons. The Morgan fingerprint density at radius 2 is 2.21 bits per heavy atom. The number of hydrogen-bond acceptors (Lipinski definition) is 4. The molecule has 106 valence electrons. The predicted octanol–water partition coefficient (Wildman–Crippen LogP) is 0.608. The molecule has 3 N–H and O–H groups in total. The van der Waals surface area contributed by atoms with Crippen LogP contribution >= 0.6 is 0 Å². The number of carbonyl (C=O) groups excluding carboxylic acids is 1. The second kappa shape index (κ2) is 5.89. The molecule has 0 aromatic heterocycles. The summed E-state index contributed by atoms with van der Waals surface area (Å²) in [5.74, 6) is 0.479. The minimum Gasteiger partial charge on any atom is -0.337 e. The van der Waals surface area contributed by atoms with E-state index in [2.05, 4.69) is 23.2 Å². The van der Waals surface area contributed by atoms with Crippen molar-refractivity contribution >= 4 is 5.91 Å². The van der Waals surface area contributed by atoms with E-state index in [-0.39, 0.29) is 5.91 Å². The topological polar surface area (TPSA) is 82.2 Å². The summed E-state index contributed by atoms with van der Waals surface area (Å²) in [7, 11) is 0. The molecule has 1 saturated carbocycles. The van der Waals surface area contributed by atoms with Gasteiger partial charge in [0.2, 0.25) is 5.91 Å². The molecule has 1 heterocycles. The lowest BCUT2D eigenvalue weighted by Gasteiger charge is -2.25. The Labute approximate surface area is 115 Å². The number of nitrogens with two attached hydrogens (primary N) is 1. The molecule has 1 aliphatic carbocycles. The minimum absolute atomic E-state index is 0.0204. The highest BCUT2D eigenvalue weighted by Crippen LogP contribution is 2.29. The van der Waals surface area contributed by atoms with Gasteiger partial charge in [-0.15, -0.1) is 0 Å². The van der Waals surface area contributed by atoms with Crippen LogP contribution in [0.4, 0.5) is 0 Å². The van der Waals surface area contributed by atoms with Crippen LogP contribution in [0.1, 0.15) is 39.0 Å². The maximum absolute atomic E-state index is 12.1. The maximum atomic E-state index is 12.1. The summed E-state index contributed by atoms with van der Waals surface area (Å²) in [5, 5.41) is 12.2. The Balaban J connectivity index is 1.86. The maximum Gasteiger partial charge on any atom is 0.235 e. The third-order valence-electron chi connectivity index (χ3n) is 4.52. The number of nitriles is 1. The van der Waals surface area contributed by atoms with E-state index in [4.69, 9.17) is 5.73 Å². The Morgan fingerprint density at radius 1 is 1.53 bits per heavy atom. The highest BCUT2D eigenvalue weighted by Gasteiger charge is 2.36. The lowest BCUT2D eigenvalue weighted by Crippen LogP contribution is -2.49. The third-order valence-corrected chi connectivity index (χ3v) is 4.52. The van der Waals surface area contributed by atoms with Crippen LogP contribution < -0.4 is 11.1 Å². The lowest BCUT2D eigenvalue weighted by atomic mass is 10.00. The van der Waals surface area contributed by atoms with E-state index in [1.54, 1.807) is 0 Å². The van der Waals surface area contributed by atoms with Crippen molar-refractivity contribution in [2.75, 3.05) is 19.6 Å². The van der Waals surface area contributed by atoms with Gasteiger partial charge in [0, 0.05) is 12.6 Å². The molecule has 0 aromatic carbocycles. The molecule has 1 amide bonds. The van der Waals surface area contributed by atoms with E-state index in [1.165, 1.54) is 0 Å². The van der Waals surface area contributed by atoms with Crippen molar-refractivity contribution in [3.63, 3.8) is 0 Å². The van der Waals surface area contributed by atoms with Crippen LogP contribution in [0.5, 0.6) is 0 Å². The standard InChI is InChI=1S/C14H24N4O/c1-11-6-12(7-15)8-18(11)9-13(19)17-14(10-16)4-2-3-5-14/h11-12H,2-9,15H2,1H3,(H,17,19). The smallest absolute Gasteiger partial charge is 0.235 e. The molecule has 5 heteroatoms. The van der Waals surface area contributed by atoms with Crippen LogP contribution in [0, 0.1) is 17.2 Å². The average Bonchev–Trinajstić information content (AvgIpc) is 2.98. The number of amides is 1. The summed E-state index contributed by atoms with van der Waals surface area (Å²) in [6, 6.07) is 2.70. The number of carbonyl (C=O) groups is 1. The van der Waals surface area contributed by atoms with Gasteiger partial charge in [0.1, 0.15) is 5.54 Å². The van der Waals surface area contributed by atoms with E-state index in [9.17, 15) is 10.1 Å². The molecule has 1 saturated heterocycles. The quantitative estimate of drug-likeness (QED) is 0.779. The molecule has 0 aromatic rings. The van der Waals surface area contributed by atoms with Gasteiger partial charge in [0.05, 0.1) is 12.6 Å². The molecule has 1 aliphatic heterocycles. The summed E-state index contributed by atoms with van der Waals surface area (Å²) in [5.41, 5.74) is 5.09. The number of nitrogens with one attached hydrogen (secondary N) is 1. The summed E-state index contributed by atoms with van der Waals surface area (Å²) in [6.07, 6.45) is 4.70. The van der Waals surface area contributed by atoms with Crippen LogP contribution in [0.25, 0.3) is 0 Å². The zero-order valence-electron chi connectivity index (χ0n) is 11.7. The molecular weight excluding hydrogens is 240 g/mol. The van der Waals surface area contributed by atoms with Gasteiger partial charge in [0.15, 0.2) is 0 Å². The summed E-state index contributed by atoms with van der Waals surface area (Å²) >= 11 is 0. The first-order valence-electron chi connectivity index (χ1n) is 7.25. The van der Waals surface area contributed by atoms with Crippen LogP contribution in [0.15, 0.2) is 0 Å². The van der Waals surface area contributed by atoms with Gasteiger partial charge in [-0.3, -0.25) is 9.69 Å². The van der Waals surface area contributed by atoms with E-state index < -0.39 is 5.54 Å². The van der Waals surface area contributed by atoms with Crippen LogP contribution in [-0.4, -0.2) is 42.0 Å².